The van der Waals surface area contributed by atoms with Gasteiger partial charge in [0.25, 0.3) is 5.91 Å². The van der Waals surface area contributed by atoms with Crippen molar-refractivity contribution < 1.29 is 28.0 Å². The summed E-state index contributed by atoms with van der Waals surface area (Å²) < 4.78 is 42.3. The standard InChI is InChI=1S/C22H17ClF3N3O3/c23-15-5-3-4-14(22(24,25)26)17(15)19(30)20-27-18(16-6-1-2-11-29(16)20)12-7-9-13(10-8-12)21(31)28-32/h3-5,7-10,32H,1-2,6,11H2,(H,28,31). The number of carbonyl (C=O) groups is 2. The summed E-state index contributed by atoms with van der Waals surface area (Å²) in [4.78, 5) is 29.3. The molecule has 1 aromatic heterocycles. The Kier molecular flexibility index (Phi) is 5.79. The van der Waals surface area contributed by atoms with Crippen LogP contribution in [0.5, 0.6) is 0 Å². The maximum Gasteiger partial charge on any atom is 0.417 e. The van der Waals surface area contributed by atoms with Crippen LogP contribution >= 0.6 is 11.6 Å². The molecule has 1 amide bonds. The number of fused-ring (bicyclic) bond motifs is 1. The van der Waals surface area contributed by atoms with Crippen LogP contribution in [0.2, 0.25) is 5.02 Å². The summed E-state index contributed by atoms with van der Waals surface area (Å²) in [7, 11) is 0. The first-order chi connectivity index (χ1) is 15.2. The molecule has 0 aliphatic carbocycles. The zero-order valence-corrected chi connectivity index (χ0v) is 17.3. The average molecular weight is 464 g/mol. The first-order valence-corrected chi connectivity index (χ1v) is 10.1. The highest BCUT2D eigenvalue weighted by molar-refractivity contribution is 6.35. The van der Waals surface area contributed by atoms with Gasteiger partial charge in [-0.2, -0.15) is 13.2 Å². The van der Waals surface area contributed by atoms with Gasteiger partial charge in [0, 0.05) is 23.4 Å². The van der Waals surface area contributed by atoms with E-state index in [0.29, 0.717) is 24.2 Å². The summed E-state index contributed by atoms with van der Waals surface area (Å²) in [5.41, 5.74) is 1.82. The zero-order valence-electron chi connectivity index (χ0n) is 16.5. The molecule has 2 aromatic carbocycles. The van der Waals surface area contributed by atoms with Crippen molar-refractivity contribution >= 4 is 23.3 Å². The first kappa shape index (κ1) is 22.0. The van der Waals surface area contributed by atoms with Gasteiger partial charge in [-0.1, -0.05) is 29.8 Å². The summed E-state index contributed by atoms with van der Waals surface area (Å²) in [6.07, 6.45) is -2.55. The topological polar surface area (TPSA) is 84.2 Å². The molecule has 1 aliphatic heterocycles. The number of carbonyl (C=O) groups excluding carboxylic acids is 2. The fourth-order valence-electron chi connectivity index (χ4n) is 3.89. The van der Waals surface area contributed by atoms with Crippen LogP contribution < -0.4 is 5.48 Å². The van der Waals surface area contributed by atoms with Crippen molar-refractivity contribution in [1.29, 1.82) is 0 Å². The van der Waals surface area contributed by atoms with Crippen LogP contribution in [-0.4, -0.2) is 26.4 Å². The molecule has 0 spiro atoms. The maximum absolute atomic E-state index is 13.6. The van der Waals surface area contributed by atoms with Gasteiger partial charge >= 0.3 is 6.18 Å². The number of amides is 1. The lowest BCUT2D eigenvalue weighted by molar-refractivity contribution is -0.137. The van der Waals surface area contributed by atoms with Crippen molar-refractivity contribution in [3.05, 3.63) is 75.7 Å². The molecule has 0 saturated carbocycles. The van der Waals surface area contributed by atoms with E-state index in [1.165, 1.54) is 18.2 Å². The number of aromatic nitrogens is 2. The molecule has 0 radical (unpaired) electrons. The third-order valence-electron chi connectivity index (χ3n) is 5.39. The van der Waals surface area contributed by atoms with Crippen LogP contribution in [0, 0.1) is 0 Å². The smallest absolute Gasteiger partial charge is 0.325 e. The molecule has 0 bridgehead atoms. The summed E-state index contributed by atoms with van der Waals surface area (Å²) in [5, 5.41) is 8.47. The molecule has 0 unspecified atom stereocenters. The molecule has 0 fully saturated rings. The molecule has 2 N–H and O–H groups in total. The van der Waals surface area contributed by atoms with Gasteiger partial charge < -0.3 is 4.57 Å². The van der Waals surface area contributed by atoms with Crippen LogP contribution in [0.25, 0.3) is 11.3 Å². The van der Waals surface area contributed by atoms with Crippen LogP contribution in [0.1, 0.15) is 50.6 Å². The van der Waals surface area contributed by atoms with E-state index in [-0.39, 0.29) is 16.4 Å². The average Bonchev–Trinajstić information content (AvgIpc) is 3.17. The molecule has 3 aromatic rings. The number of imidazole rings is 1. The second-order valence-electron chi connectivity index (χ2n) is 7.35. The highest BCUT2D eigenvalue weighted by atomic mass is 35.5. The van der Waals surface area contributed by atoms with Crippen molar-refractivity contribution in [1.82, 2.24) is 15.0 Å². The summed E-state index contributed by atoms with van der Waals surface area (Å²) in [5.74, 6) is -1.68. The molecule has 166 valence electrons. The van der Waals surface area contributed by atoms with Crippen LogP contribution in [0.3, 0.4) is 0 Å². The first-order valence-electron chi connectivity index (χ1n) is 9.77. The molecule has 1 aliphatic rings. The molecule has 0 atom stereocenters. The minimum absolute atomic E-state index is 0.106. The third kappa shape index (κ3) is 3.89. The fraction of sp³-hybridized carbons (Fsp3) is 0.227. The van der Waals surface area contributed by atoms with Crippen molar-refractivity contribution in [3.8, 4) is 11.3 Å². The van der Waals surface area contributed by atoms with Gasteiger partial charge in [0.05, 0.1) is 21.8 Å². The van der Waals surface area contributed by atoms with E-state index in [4.69, 9.17) is 16.8 Å². The Bertz CT molecular complexity index is 1200. The number of nitrogens with one attached hydrogen (secondary N) is 1. The number of hydrogen-bond acceptors (Lipinski definition) is 4. The van der Waals surface area contributed by atoms with Crippen molar-refractivity contribution in [3.63, 3.8) is 0 Å². The minimum Gasteiger partial charge on any atom is -0.325 e. The van der Waals surface area contributed by atoms with Gasteiger partial charge in [0.15, 0.2) is 5.82 Å². The summed E-state index contributed by atoms with van der Waals surface area (Å²) in [6, 6.07) is 9.39. The summed E-state index contributed by atoms with van der Waals surface area (Å²) >= 11 is 6.03. The monoisotopic (exact) mass is 463 g/mol. The number of halogens is 4. The maximum atomic E-state index is 13.6. The Morgan fingerprint density at radius 3 is 2.47 bits per heavy atom. The number of benzene rings is 2. The number of ketones is 1. The number of hydroxylamine groups is 1. The lowest BCUT2D eigenvalue weighted by atomic mass is 10.0. The van der Waals surface area contributed by atoms with Crippen LogP contribution in [0.15, 0.2) is 42.5 Å². The second-order valence-corrected chi connectivity index (χ2v) is 7.75. The van der Waals surface area contributed by atoms with Crippen LogP contribution in [-0.2, 0) is 19.1 Å². The predicted octanol–water partition coefficient (Wildman–Crippen LogP) is 4.91. The zero-order chi connectivity index (χ0) is 23.0. The van der Waals surface area contributed by atoms with Crippen molar-refractivity contribution in [2.45, 2.75) is 32.0 Å². The molecule has 4 rings (SSSR count). The Balaban J connectivity index is 1.84. The minimum atomic E-state index is -4.75. The van der Waals surface area contributed by atoms with E-state index in [1.807, 2.05) is 0 Å². The van der Waals surface area contributed by atoms with E-state index < -0.39 is 29.0 Å². The molecular weight excluding hydrogens is 447 g/mol. The van der Waals surface area contributed by atoms with Gasteiger partial charge in [-0.15, -0.1) is 0 Å². The van der Waals surface area contributed by atoms with Crippen molar-refractivity contribution in [2.24, 2.45) is 0 Å². The molecule has 0 saturated heterocycles. The number of hydrogen-bond donors (Lipinski definition) is 2. The van der Waals surface area contributed by atoms with E-state index >= 15 is 0 Å². The Hall–Kier alpha value is -3.17. The molecule has 10 heteroatoms. The van der Waals surface area contributed by atoms with Gasteiger partial charge in [-0.25, -0.2) is 10.5 Å². The normalized spacial score (nSPS) is 13.5. The molecular formula is C22H17ClF3N3O3. The molecule has 2 heterocycles. The fourth-order valence-corrected chi connectivity index (χ4v) is 4.15. The molecule has 32 heavy (non-hydrogen) atoms. The van der Waals surface area contributed by atoms with Crippen LogP contribution in [0.4, 0.5) is 13.2 Å². The largest absolute Gasteiger partial charge is 0.417 e. The number of nitrogens with zero attached hydrogens (tertiary/aromatic N) is 2. The van der Waals surface area contributed by atoms with E-state index in [9.17, 15) is 22.8 Å². The summed E-state index contributed by atoms with van der Waals surface area (Å²) in [6.45, 7) is 0.445. The highest BCUT2D eigenvalue weighted by Gasteiger charge is 2.38. The number of alkyl halides is 3. The van der Waals surface area contributed by atoms with Gasteiger partial charge in [0.1, 0.15) is 0 Å². The third-order valence-corrected chi connectivity index (χ3v) is 5.70. The SMILES string of the molecule is O=C(NO)c1ccc(-c2nc(C(=O)c3c(Cl)cccc3C(F)(F)F)n3c2CCCC3)cc1. The Morgan fingerprint density at radius 2 is 1.81 bits per heavy atom. The second kappa shape index (κ2) is 8.40. The Morgan fingerprint density at radius 1 is 1.09 bits per heavy atom. The van der Waals surface area contributed by atoms with Gasteiger partial charge in [-0.05, 0) is 43.5 Å². The molecule has 6 nitrogen and oxygen atoms in total. The van der Waals surface area contributed by atoms with Gasteiger partial charge in [-0.3, -0.25) is 14.8 Å². The quantitative estimate of drug-likeness (QED) is 0.327. The van der Waals surface area contributed by atoms with Gasteiger partial charge in [0.2, 0.25) is 5.78 Å². The predicted molar refractivity (Wildman–Crippen MR) is 110 cm³/mol. The lowest BCUT2D eigenvalue weighted by Gasteiger charge is -2.18. The van der Waals surface area contributed by atoms with E-state index in [2.05, 4.69) is 4.98 Å². The van der Waals surface area contributed by atoms with Crippen molar-refractivity contribution in [2.75, 3.05) is 0 Å². The number of rotatable bonds is 4. The van der Waals surface area contributed by atoms with E-state index in [1.54, 1.807) is 22.2 Å². The lowest BCUT2D eigenvalue weighted by Crippen LogP contribution is -2.20. The highest BCUT2D eigenvalue weighted by Crippen LogP contribution is 2.37. The Labute approximate surface area is 185 Å². The van der Waals surface area contributed by atoms with E-state index in [0.717, 1.165) is 30.7 Å².